The first kappa shape index (κ1) is 11.1. The minimum atomic E-state index is -0.611. The number of aromatic nitrogens is 6. The molecule has 1 saturated heterocycles. The Morgan fingerprint density at radius 2 is 1.67 bits per heavy atom. The molecule has 2 unspecified atom stereocenters. The normalized spacial score (nSPS) is 27.3. The molecule has 2 atom stereocenters. The predicted molar refractivity (Wildman–Crippen MR) is 60.9 cm³/mol. The van der Waals surface area contributed by atoms with Gasteiger partial charge in [0.2, 0.25) is 0 Å². The molecule has 1 fully saturated rings. The lowest BCUT2D eigenvalue weighted by Gasteiger charge is -2.20. The molecule has 0 aliphatic carbocycles. The van der Waals surface area contributed by atoms with E-state index < -0.39 is 5.54 Å². The molecule has 0 spiro atoms. The Labute approximate surface area is 103 Å². The molecule has 18 heavy (non-hydrogen) atoms. The van der Waals surface area contributed by atoms with Gasteiger partial charge >= 0.3 is 0 Å². The molecule has 1 aliphatic rings. The van der Waals surface area contributed by atoms with Crippen LogP contribution >= 0.6 is 0 Å². The monoisotopic (exact) mass is 244 g/mol. The zero-order valence-corrected chi connectivity index (χ0v) is 9.56. The molecule has 2 aromatic heterocycles. The van der Waals surface area contributed by atoms with Crippen molar-refractivity contribution >= 4 is 0 Å². The minimum absolute atomic E-state index is 0.00485. The van der Waals surface area contributed by atoms with Crippen LogP contribution in [0.25, 0.3) is 0 Å². The van der Waals surface area contributed by atoms with Gasteiger partial charge in [-0.25, -0.2) is 29.9 Å². The highest BCUT2D eigenvalue weighted by molar-refractivity contribution is 5.13. The molecule has 3 heterocycles. The lowest BCUT2D eigenvalue weighted by molar-refractivity contribution is 0.444. The zero-order chi connectivity index (χ0) is 12.4. The fourth-order valence-corrected chi connectivity index (χ4v) is 2.09. The predicted octanol–water partition coefficient (Wildman–Crippen LogP) is -1.05. The van der Waals surface area contributed by atoms with E-state index in [2.05, 4.69) is 35.2 Å². The quantitative estimate of drug-likeness (QED) is 0.687. The molecule has 3 rings (SSSR count). The molecule has 8 heteroatoms. The number of rotatable bonds is 2. The summed E-state index contributed by atoms with van der Waals surface area (Å²) in [4.78, 5) is 24.1. The van der Waals surface area contributed by atoms with E-state index in [0.717, 1.165) is 0 Å². The van der Waals surface area contributed by atoms with E-state index >= 15 is 0 Å². The summed E-state index contributed by atoms with van der Waals surface area (Å²) >= 11 is 0. The van der Waals surface area contributed by atoms with Crippen LogP contribution in [0, 0.1) is 0 Å². The van der Waals surface area contributed by atoms with Crippen LogP contribution in [-0.2, 0) is 5.54 Å². The molecule has 0 radical (unpaired) electrons. The lowest BCUT2D eigenvalue weighted by Crippen LogP contribution is -2.40. The van der Waals surface area contributed by atoms with Crippen molar-refractivity contribution in [2.24, 2.45) is 5.73 Å². The molecule has 8 nitrogen and oxygen atoms in total. The zero-order valence-electron chi connectivity index (χ0n) is 9.56. The first-order valence-corrected chi connectivity index (χ1v) is 5.54. The second-order valence-electron chi connectivity index (χ2n) is 4.25. The second-order valence-corrected chi connectivity index (χ2v) is 4.25. The largest absolute Gasteiger partial charge is 0.318 e. The van der Waals surface area contributed by atoms with Gasteiger partial charge in [0.1, 0.15) is 31.1 Å². The van der Waals surface area contributed by atoms with Crippen molar-refractivity contribution in [3.63, 3.8) is 0 Å². The van der Waals surface area contributed by atoms with Crippen LogP contribution in [0.1, 0.15) is 24.1 Å². The fourth-order valence-electron chi connectivity index (χ4n) is 2.09. The molecule has 0 aromatic carbocycles. The fraction of sp³-hybridized carbons (Fsp3) is 0.400. The topological polar surface area (TPSA) is 115 Å². The number of hydrogen-bond acceptors (Lipinski definition) is 8. The van der Waals surface area contributed by atoms with Gasteiger partial charge in [0, 0.05) is 6.54 Å². The van der Waals surface area contributed by atoms with Crippen LogP contribution in [-0.4, -0.2) is 36.4 Å². The summed E-state index contributed by atoms with van der Waals surface area (Å²) in [5, 5.41) is 3.28. The van der Waals surface area contributed by atoms with Gasteiger partial charge in [0.15, 0.2) is 5.82 Å². The lowest BCUT2D eigenvalue weighted by atomic mass is 9.96. The van der Waals surface area contributed by atoms with Gasteiger partial charge in [-0.3, -0.25) is 0 Å². The van der Waals surface area contributed by atoms with E-state index in [1.807, 2.05) is 0 Å². The average molecular weight is 244 g/mol. The summed E-state index contributed by atoms with van der Waals surface area (Å²) in [5.74, 6) is 1.27. The van der Waals surface area contributed by atoms with Crippen molar-refractivity contribution in [3.05, 3.63) is 37.0 Å². The highest BCUT2D eigenvalue weighted by atomic mass is 15.1. The Hall–Kier alpha value is -2.06. The maximum atomic E-state index is 6.32. The van der Waals surface area contributed by atoms with Crippen LogP contribution in [0.3, 0.4) is 0 Å². The SMILES string of the molecule is NC1(c2ncncn2)CNC(c2ncncn2)C1. The molecule has 1 aliphatic heterocycles. The summed E-state index contributed by atoms with van der Waals surface area (Å²) in [6, 6.07) is -0.00485. The average Bonchev–Trinajstić information content (AvgIpc) is 2.85. The molecule has 2 aromatic rings. The Bertz CT molecular complexity index is 518. The second kappa shape index (κ2) is 4.31. The van der Waals surface area contributed by atoms with Gasteiger partial charge in [0.05, 0.1) is 11.6 Å². The highest BCUT2D eigenvalue weighted by Gasteiger charge is 2.40. The summed E-state index contributed by atoms with van der Waals surface area (Å²) in [7, 11) is 0. The summed E-state index contributed by atoms with van der Waals surface area (Å²) in [5.41, 5.74) is 5.71. The standard InChI is InChI=1S/C10H12N8/c11-10(9-17-5-13-6-18-9)1-7(14-2-10)8-15-3-12-4-16-8/h3-7,14H,1-2,11H2. The third-order valence-corrected chi connectivity index (χ3v) is 3.00. The van der Waals surface area contributed by atoms with Crippen LogP contribution < -0.4 is 11.1 Å². The first-order chi connectivity index (χ1) is 8.78. The van der Waals surface area contributed by atoms with Gasteiger partial charge in [-0.2, -0.15) is 0 Å². The van der Waals surface area contributed by atoms with Crippen molar-refractivity contribution in [2.75, 3.05) is 6.54 Å². The van der Waals surface area contributed by atoms with Gasteiger partial charge < -0.3 is 11.1 Å². The van der Waals surface area contributed by atoms with Crippen molar-refractivity contribution < 1.29 is 0 Å². The number of nitrogens with zero attached hydrogens (tertiary/aromatic N) is 6. The van der Waals surface area contributed by atoms with E-state index in [-0.39, 0.29) is 6.04 Å². The minimum Gasteiger partial charge on any atom is -0.318 e. The number of hydrogen-bond donors (Lipinski definition) is 2. The van der Waals surface area contributed by atoms with Crippen molar-refractivity contribution in [1.82, 2.24) is 35.2 Å². The van der Waals surface area contributed by atoms with E-state index in [4.69, 9.17) is 5.73 Å². The number of nitrogens with one attached hydrogen (secondary N) is 1. The molecule has 3 N–H and O–H groups in total. The third kappa shape index (κ3) is 1.91. The van der Waals surface area contributed by atoms with Gasteiger partial charge in [0.25, 0.3) is 0 Å². The molecule has 0 bridgehead atoms. The summed E-state index contributed by atoms with van der Waals surface area (Å²) < 4.78 is 0. The Morgan fingerprint density at radius 3 is 2.33 bits per heavy atom. The van der Waals surface area contributed by atoms with E-state index in [1.165, 1.54) is 25.3 Å². The third-order valence-electron chi connectivity index (χ3n) is 3.00. The van der Waals surface area contributed by atoms with Crippen LogP contribution in [0.4, 0.5) is 0 Å². The van der Waals surface area contributed by atoms with Crippen molar-refractivity contribution in [2.45, 2.75) is 18.0 Å². The molecule has 92 valence electrons. The molecular formula is C10H12N8. The highest BCUT2D eigenvalue weighted by Crippen LogP contribution is 2.31. The smallest absolute Gasteiger partial charge is 0.153 e. The molecular weight excluding hydrogens is 232 g/mol. The number of nitrogens with two attached hydrogens (primary N) is 1. The first-order valence-electron chi connectivity index (χ1n) is 5.54. The van der Waals surface area contributed by atoms with E-state index in [9.17, 15) is 0 Å². The Kier molecular flexibility index (Phi) is 2.65. The summed E-state index contributed by atoms with van der Waals surface area (Å²) in [6.07, 6.45) is 6.49. The van der Waals surface area contributed by atoms with Crippen molar-refractivity contribution in [1.29, 1.82) is 0 Å². The maximum Gasteiger partial charge on any atom is 0.153 e. The van der Waals surface area contributed by atoms with Gasteiger partial charge in [-0.15, -0.1) is 0 Å². The Morgan fingerprint density at radius 1 is 1.06 bits per heavy atom. The summed E-state index contributed by atoms with van der Waals surface area (Å²) in [6.45, 7) is 0.577. The van der Waals surface area contributed by atoms with E-state index in [0.29, 0.717) is 24.6 Å². The Balaban J connectivity index is 1.83. The maximum absolute atomic E-state index is 6.32. The van der Waals surface area contributed by atoms with E-state index in [1.54, 1.807) is 0 Å². The van der Waals surface area contributed by atoms with Crippen LogP contribution in [0.5, 0.6) is 0 Å². The van der Waals surface area contributed by atoms with Gasteiger partial charge in [-0.05, 0) is 6.42 Å². The van der Waals surface area contributed by atoms with Crippen molar-refractivity contribution in [3.8, 4) is 0 Å². The van der Waals surface area contributed by atoms with Gasteiger partial charge in [-0.1, -0.05) is 0 Å². The molecule has 0 saturated carbocycles. The van der Waals surface area contributed by atoms with Crippen LogP contribution in [0.15, 0.2) is 25.3 Å². The molecule has 0 amide bonds. The van der Waals surface area contributed by atoms with Crippen LogP contribution in [0.2, 0.25) is 0 Å².